The summed E-state index contributed by atoms with van der Waals surface area (Å²) in [6.45, 7) is 5.15. The van der Waals surface area contributed by atoms with E-state index in [2.05, 4.69) is 47.9 Å². The van der Waals surface area contributed by atoms with Crippen molar-refractivity contribution < 1.29 is 0 Å². The lowest BCUT2D eigenvalue weighted by atomic mass is 9.99. The fraction of sp³-hybridized carbons (Fsp3) is 0.208. The van der Waals surface area contributed by atoms with E-state index in [1.807, 2.05) is 36.4 Å². The summed E-state index contributed by atoms with van der Waals surface area (Å²) in [6.07, 6.45) is 0. The van der Waals surface area contributed by atoms with Gasteiger partial charge in [0.15, 0.2) is 0 Å². The van der Waals surface area contributed by atoms with Gasteiger partial charge in [-0.3, -0.25) is 9.48 Å². The monoisotopic (exact) mass is 384 g/mol. The second kappa shape index (κ2) is 7.87. The Bertz CT molecular complexity index is 1170. The molecule has 0 radical (unpaired) electrons. The van der Waals surface area contributed by atoms with Crippen molar-refractivity contribution in [2.45, 2.75) is 20.4 Å². The summed E-state index contributed by atoms with van der Waals surface area (Å²) in [5.41, 5.74) is 5.54. The van der Waals surface area contributed by atoms with Crippen LogP contribution in [0.2, 0.25) is 0 Å². The maximum absolute atomic E-state index is 11.9. The molecule has 2 aromatic heterocycles. The maximum Gasteiger partial charge on any atom is 0.266 e. The Morgan fingerprint density at radius 3 is 2.03 bits per heavy atom. The van der Waals surface area contributed by atoms with Gasteiger partial charge in [-0.2, -0.15) is 10.2 Å². The second-order valence-electron chi connectivity index (χ2n) is 7.56. The van der Waals surface area contributed by atoms with Crippen molar-refractivity contribution in [2.75, 3.05) is 0 Å². The van der Waals surface area contributed by atoms with Crippen molar-refractivity contribution >= 4 is 0 Å². The molecule has 146 valence electrons. The number of hydrogen-bond donors (Lipinski definition) is 0. The van der Waals surface area contributed by atoms with Crippen LogP contribution in [0.5, 0.6) is 0 Å². The van der Waals surface area contributed by atoms with Gasteiger partial charge in [0.1, 0.15) is 5.69 Å². The molecule has 0 atom stereocenters. The molecule has 4 rings (SSSR count). The van der Waals surface area contributed by atoms with Crippen LogP contribution in [0.25, 0.3) is 33.8 Å². The van der Waals surface area contributed by atoms with Crippen molar-refractivity contribution in [2.24, 2.45) is 13.0 Å². The lowest BCUT2D eigenvalue weighted by Gasteiger charge is -2.12. The summed E-state index contributed by atoms with van der Waals surface area (Å²) in [6, 6.07) is 23.7. The van der Waals surface area contributed by atoms with Gasteiger partial charge in [0.25, 0.3) is 5.56 Å². The lowest BCUT2D eigenvalue weighted by molar-refractivity contribution is 0.488. The Morgan fingerprint density at radius 2 is 1.45 bits per heavy atom. The van der Waals surface area contributed by atoms with Crippen molar-refractivity contribution in [1.82, 2.24) is 19.6 Å². The lowest BCUT2D eigenvalue weighted by Crippen LogP contribution is -2.18. The largest absolute Gasteiger partial charge is 0.268 e. The van der Waals surface area contributed by atoms with E-state index in [-0.39, 0.29) is 5.56 Å². The first-order valence-corrected chi connectivity index (χ1v) is 9.81. The molecular weight excluding hydrogens is 360 g/mol. The predicted molar refractivity (Wildman–Crippen MR) is 116 cm³/mol. The summed E-state index contributed by atoms with van der Waals surface area (Å²) in [7, 11) is 1.68. The van der Waals surface area contributed by atoms with E-state index in [1.54, 1.807) is 19.2 Å². The van der Waals surface area contributed by atoms with Gasteiger partial charge in [-0.05, 0) is 12.0 Å². The van der Waals surface area contributed by atoms with Crippen LogP contribution in [0.3, 0.4) is 0 Å². The minimum Gasteiger partial charge on any atom is -0.268 e. The molecule has 0 fully saturated rings. The van der Waals surface area contributed by atoms with E-state index in [0.717, 1.165) is 40.3 Å². The van der Waals surface area contributed by atoms with E-state index in [9.17, 15) is 4.79 Å². The Kier molecular flexibility index (Phi) is 5.12. The van der Waals surface area contributed by atoms with Gasteiger partial charge < -0.3 is 0 Å². The number of rotatable bonds is 5. The number of benzene rings is 2. The van der Waals surface area contributed by atoms with Gasteiger partial charge in [0.05, 0.1) is 17.0 Å². The Hall–Kier alpha value is -3.47. The Balaban J connectivity index is 2.07. The summed E-state index contributed by atoms with van der Waals surface area (Å²) < 4.78 is 3.45. The standard InChI is InChI=1S/C24H24N4O/c1-17(2)16-28-24(19-12-8-5-9-13-19)22(20-14-15-21(29)27(3)25-20)23(26-28)18-10-6-4-7-11-18/h4-15,17H,16H2,1-3H3. The molecule has 0 aliphatic carbocycles. The fourth-order valence-electron chi connectivity index (χ4n) is 3.51. The summed E-state index contributed by atoms with van der Waals surface area (Å²) >= 11 is 0. The third kappa shape index (κ3) is 3.76. The molecule has 0 saturated heterocycles. The number of aromatic nitrogens is 4. The fourth-order valence-corrected chi connectivity index (χ4v) is 3.51. The van der Waals surface area contributed by atoms with Crippen LogP contribution in [-0.4, -0.2) is 19.6 Å². The summed E-state index contributed by atoms with van der Waals surface area (Å²) in [5.74, 6) is 0.432. The zero-order valence-electron chi connectivity index (χ0n) is 16.9. The number of nitrogens with zero attached hydrogens (tertiary/aromatic N) is 4. The normalized spacial score (nSPS) is 11.2. The minimum absolute atomic E-state index is 0.133. The van der Waals surface area contributed by atoms with Crippen LogP contribution < -0.4 is 5.56 Å². The molecule has 0 bridgehead atoms. The molecule has 4 aromatic rings. The minimum atomic E-state index is -0.133. The van der Waals surface area contributed by atoms with E-state index in [1.165, 1.54) is 4.68 Å². The van der Waals surface area contributed by atoms with E-state index in [4.69, 9.17) is 5.10 Å². The van der Waals surface area contributed by atoms with Crippen LogP contribution in [0.15, 0.2) is 77.6 Å². The second-order valence-corrected chi connectivity index (χ2v) is 7.56. The molecule has 0 aliphatic rings. The van der Waals surface area contributed by atoms with Gasteiger partial charge in [-0.15, -0.1) is 0 Å². The topological polar surface area (TPSA) is 52.7 Å². The highest BCUT2D eigenvalue weighted by atomic mass is 16.1. The van der Waals surface area contributed by atoms with Crippen molar-refractivity contribution in [3.8, 4) is 33.8 Å². The van der Waals surface area contributed by atoms with Crippen LogP contribution in [0, 0.1) is 5.92 Å². The Morgan fingerprint density at radius 1 is 0.828 bits per heavy atom. The van der Waals surface area contributed by atoms with Crippen LogP contribution in [0.1, 0.15) is 13.8 Å². The number of hydrogen-bond acceptors (Lipinski definition) is 3. The molecule has 0 N–H and O–H groups in total. The Labute approximate surface area is 170 Å². The first kappa shape index (κ1) is 18.9. The average Bonchev–Trinajstić information content (AvgIpc) is 3.10. The molecule has 2 heterocycles. The summed E-state index contributed by atoms with van der Waals surface area (Å²) in [5, 5.41) is 9.57. The molecule has 2 aromatic carbocycles. The maximum atomic E-state index is 11.9. The zero-order valence-corrected chi connectivity index (χ0v) is 16.9. The average molecular weight is 384 g/mol. The predicted octanol–water partition coefficient (Wildman–Crippen LogP) is 4.63. The van der Waals surface area contributed by atoms with Gasteiger partial charge in [0.2, 0.25) is 0 Å². The quantitative estimate of drug-likeness (QED) is 0.504. The van der Waals surface area contributed by atoms with Crippen LogP contribution >= 0.6 is 0 Å². The molecule has 0 aliphatic heterocycles. The first-order chi connectivity index (χ1) is 14.0. The smallest absolute Gasteiger partial charge is 0.266 e. The van der Waals surface area contributed by atoms with Crippen molar-refractivity contribution in [1.29, 1.82) is 0 Å². The van der Waals surface area contributed by atoms with Crippen LogP contribution in [0.4, 0.5) is 0 Å². The highest BCUT2D eigenvalue weighted by Gasteiger charge is 2.23. The zero-order chi connectivity index (χ0) is 20.4. The third-order valence-electron chi connectivity index (χ3n) is 4.80. The third-order valence-corrected chi connectivity index (χ3v) is 4.80. The first-order valence-electron chi connectivity index (χ1n) is 9.81. The highest BCUT2D eigenvalue weighted by Crippen LogP contribution is 2.39. The summed E-state index contributed by atoms with van der Waals surface area (Å²) in [4.78, 5) is 11.9. The van der Waals surface area contributed by atoms with Gasteiger partial charge in [-0.1, -0.05) is 74.5 Å². The van der Waals surface area contributed by atoms with Crippen LogP contribution in [-0.2, 0) is 13.6 Å². The molecule has 29 heavy (non-hydrogen) atoms. The van der Waals surface area contributed by atoms with E-state index >= 15 is 0 Å². The molecule has 0 saturated carbocycles. The van der Waals surface area contributed by atoms with E-state index < -0.39 is 0 Å². The molecule has 5 heteroatoms. The van der Waals surface area contributed by atoms with Crippen molar-refractivity contribution in [3.05, 3.63) is 83.2 Å². The van der Waals surface area contributed by atoms with Gasteiger partial charge in [0, 0.05) is 30.8 Å². The van der Waals surface area contributed by atoms with E-state index in [0.29, 0.717) is 5.92 Å². The number of aryl methyl sites for hydroxylation is 1. The molecule has 5 nitrogen and oxygen atoms in total. The SMILES string of the molecule is CC(C)Cn1nc(-c2ccccc2)c(-c2ccc(=O)n(C)n2)c1-c1ccccc1. The molecule has 0 amide bonds. The molecular formula is C24H24N4O. The molecule has 0 spiro atoms. The highest BCUT2D eigenvalue weighted by molar-refractivity contribution is 5.90. The van der Waals surface area contributed by atoms with Gasteiger partial charge in [-0.25, -0.2) is 4.68 Å². The van der Waals surface area contributed by atoms with Crippen molar-refractivity contribution in [3.63, 3.8) is 0 Å². The van der Waals surface area contributed by atoms with Gasteiger partial charge >= 0.3 is 0 Å². The molecule has 0 unspecified atom stereocenters.